The molecule has 0 aliphatic rings. The predicted octanol–water partition coefficient (Wildman–Crippen LogP) is 3.42. The number of nitrogens with zero attached hydrogens (tertiary/aromatic N) is 1. The van der Waals surface area contributed by atoms with E-state index >= 15 is 0 Å². The number of carbonyl (C=O) groups excluding carboxylic acids is 1. The van der Waals surface area contributed by atoms with Gasteiger partial charge in [0.2, 0.25) is 0 Å². The molecule has 0 unspecified atom stereocenters. The molecule has 1 aromatic heterocycles. The third-order valence-electron chi connectivity index (χ3n) is 3.06. The van der Waals surface area contributed by atoms with E-state index < -0.39 is 0 Å². The van der Waals surface area contributed by atoms with Gasteiger partial charge >= 0.3 is 0 Å². The van der Waals surface area contributed by atoms with Crippen molar-refractivity contribution in [2.45, 2.75) is 20.8 Å². The lowest BCUT2D eigenvalue weighted by molar-refractivity contribution is 0.0941. The van der Waals surface area contributed by atoms with Gasteiger partial charge in [-0.25, -0.2) is 0 Å². The maximum Gasteiger partial charge on any atom is 0.167 e. The Morgan fingerprint density at radius 2 is 2.11 bits per heavy atom. The molecule has 0 saturated heterocycles. The lowest BCUT2D eigenvalue weighted by atomic mass is 10.0. The molecule has 0 fully saturated rings. The number of aryl methyl sites for hydroxylation is 1. The van der Waals surface area contributed by atoms with Gasteiger partial charge in [0.05, 0.1) is 6.61 Å². The van der Waals surface area contributed by atoms with Crippen LogP contribution >= 0.6 is 0 Å². The fourth-order valence-electron chi connectivity index (χ4n) is 2.13. The van der Waals surface area contributed by atoms with Crippen LogP contribution in [0, 0.1) is 5.92 Å². The van der Waals surface area contributed by atoms with Gasteiger partial charge in [0.25, 0.3) is 0 Å². The Hall–Kier alpha value is -1.77. The second-order valence-corrected chi connectivity index (χ2v) is 4.78. The molecule has 0 saturated carbocycles. The van der Waals surface area contributed by atoms with Crippen LogP contribution in [-0.2, 0) is 7.05 Å². The van der Waals surface area contributed by atoms with Crippen LogP contribution in [0.25, 0.3) is 10.9 Å². The molecule has 0 radical (unpaired) electrons. The maximum atomic E-state index is 12.2. The summed E-state index contributed by atoms with van der Waals surface area (Å²) in [6.45, 7) is 6.43. The smallest absolute Gasteiger partial charge is 0.167 e. The van der Waals surface area contributed by atoms with Crippen LogP contribution in [0.4, 0.5) is 0 Å². The Balaban J connectivity index is 2.59. The molecule has 2 aromatic rings. The number of Topliss-reactive ketones (excluding diaryl/α,β-unsaturated/α-hetero) is 1. The van der Waals surface area contributed by atoms with Gasteiger partial charge in [0.1, 0.15) is 5.75 Å². The maximum absolute atomic E-state index is 12.2. The van der Waals surface area contributed by atoms with E-state index in [0.717, 1.165) is 22.2 Å². The lowest BCUT2D eigenvalue weighted by Crippen LogP contribution is -2.06. The van der Waals surface area contributed by atoms with E-state index in [4.69, 9.17) is 4.74 Å². The zero-order valence-electron chi connectivity index (χ0n) is 11.4. The summed E-state index contributed by atoms with van der Waals surface area (Å²) in [4.78, 5) is 12.2. The molecule has 3 nitrogen and oxygen atoms in total. The highest BCUT2D eigenvalue weighted by Gasteiger charge is 2.17. The first-order chi connectivity index (χ1) is 8.54. The van der Waals surface area contributed by atoms with E-state index in [9.17, 15) is 4.79 Å². The first-order valence-electron chi connectivity index (χ1n) is 6.30. The largest absolute Gasteiger partial charge is 0.494 e. The van der Waals surface area contributed by atoms with Crippen molar-refractivity contribution in [1.82, 2.24) is 4.57 Å². The summed E-state index contributed by atoms with van der Waals surface area (Å²) < 4.78 is 7.48. The molecule has 0 aliphatic carbocycles. The summed E-state index contributed by atoms with van der Waals surface area (Å²) in [6, 6.07) is 5.89. The second-order valence-electron chi connectivity index (χ2n) is 4.78. The van der Waals surface area contributed by atoms with Gasteiger partial charge < -0.3 is 9.30 Å². The Morgan fingerprint density at radius 1 is 1.39 bits per heavy atom. The van der Waals surface area contributed by atoms with Crippen molar-refractivity contribution in [1.29, 1.82) is 0 Å². The minimum Gasteiger partial charge on any atom is -0.494 e. The van der Waals surface area contributed by atoms with Crippen LogP contribution < -0.4 is 4.74 Å². The minimum atomic E-state index is 0.00588. The molecule has 0 amide bonds. The first-order valence-corrected chi connectivity index (χ1v) is 6.30. The van der Waals surface area contributed by atoms with Crippen molar-refractivity contribution in [3.63, 3.8) is 0 Å². The number of aromatic nitrogens is 1. The fourth-order valence-corrected chi connectivity index (χ4v) is 2.13. The number of carbonyl (C=O) groups is 1. The third-order valence-corrected chi connectivity index (χ3v) is 3.06. The summed E-state index contributed by atoms with van der Waals surface area (Å²) in [5.74, 6) is 0.995. The molecule has 0 bridgehead atoms. The molecule has 0 spiro atoms. The Labute approximate surface area is 107 Å². The van der Waals surface area contributed by atoms with E-state index in [1.807, 2.05) is 56.8 Å². The second kappa shape index (κ2) is 4.84. The first kappa shape index (κ1) is 12.7. The van der Waals surface area contributed by atoms with Crippen molar-refractivity contribution >= 4 is 16.7 Å². The zero-order valence-corrected chi connectivity index (χ0v) is 11.4. The summed E-state index contributed by atoms with van der Waals surface area (Å²) >= 11 is 0. The number of fused-ring (bicyclic) bond motifs is 1. The SMILES string of the molecule is CCOc1ccc2c(c1)c(C(=O)C(C)C)cn2C. The molecule has 0 aliphatic heterocycles. The van der Waals surface area contributed by atoms with Crippen molar-refractivity contribution in [3.05, 3.63) is 30.0 Å². The van der Waals surface area contributed by atoms with Gasteiger partial charge in [-0.2, -0.15) is 0 Å². The fraction of sp³-hybridized carbons (Fsp3) is 0.400. The average Bonchev–Trinajstić information content (AvgIpc) is 2.66. The Morgan fingerprint density at radius 3 is 2.72 bits per heavy atom. The van der Waals surface area contributed by atoms with Crippen molar-refractivity contribution in [2.24, 2.45) is 13.0 Å². The summed E-state index contributed by atoms with van der Waals surface area (Å²) in [7, 11) is 1.96. The lowest BCUT2D eigenvalue weighted by Gasteiger charge is -2.05. The van der Waals surface area contributed by atoms with Crippen LogP contribution in [0.2, 0.25) is 0 Å². The highest BCUT2D eigenvalue weighted by atomic mass is 16.5. The molecule has 0 atom stereocenters. The van der Waals surface area contributed by atoms with E-state index in [-0.39, 0.29) is 11.7 Å². The van der Waals surface area contributed by atoms with Gasteiger partial charge in [-0.1, -0.05) is 13.8 Å². The van der Waals surface area contributed by atoms with Crippen LogP contribution in [0.15, 0.2) is 24.4 Å². The zero-order chi connectivity index (χ0) is 13.3. The summed E-state index contributed by atoms with van der Waals surface area (Å²) in [5.41, 5.74) is 1.84. The molecule has 96 valence electrons. The third kappa shape index (κ3) is 2.13. The number of ether oxygens (including phenoxy) is 1. The van der Waals surface area contributed by atoms with Crippen LogP contribution in [-0.4, -0.2) is 17.0 Å². The normalized spacial score (nSPS) is 11.2. The predicted molar refractivity (Wildman–Crippen MR) is 73.3 cm³/mol. The van der Waals surface area contributed by atoms with E-state index in [0.29, 0.717) is 6.61 Å². The van der Waals surface area contributed by atoms with Gasteiger partial charge in [-0.05, 0) is 25.1 Å². The van der Waals surface area contributed by atoms with Crippen molar-refractivity contribution < 1.29 is 9.53 Å². The molecular formula is C15H19NO2. The number of rotatable bonds is 4. The average molecular weight is 245 g/mol. The Bertz CT molecular complexity index is 581. The van der Waals surface area contributed by atoms with Crippen molar-refractivity contribution in [3.8, 4) is 5.75 Å². The van der Waals surface area contributed by atoms with Crippen LogP contribution in [0.1, 0.15) is 31.1 Å². The number of ketones is 1. The molecule has 2 rings (SSSR count). The van der Waals surface area contributed by atoms with Gasteiger partial charge in [0.15, 0.2) is 5.78 Å². The van der Waals surface area contributed by atoms with Crippen LogP contribution in [0.3, 0.4) is 0 Å². The molecule has 1 heterocycles. The molecule has 1 aromatic carbocycles. The molecule has 3 heteroatoms. The molecule has 0 N–H and O–H groups in total. The number of benzene rings is 1. The van der Waals surface area contributed by atoms with E-state index in [1.165, 1.54) is 0 Å². The molecular weight excluding hydrogens is 226 g/mol. The van der Waals surface area contributed by atoms with Crippen molar-refractivity contribution in [2.75, 3.05) is 6.61 Å². The minimum absolute atomic E-state index is 0.00588. The van der Waals surface area contributed by atoms with Crippen LogP contribution in [0.5, 0.6) is 5.75 Å². The van der Waals surface area contributed by atoms with E-state index in [1.54, 1.807) is 0 Å². The topological polar surface area (TPSA) is 31.2 Å². The summed E-state index contributed by atoms with van der Waals surface area (Å²) in [5, 5.41) is 0.974. The highest BCUT2D eigenvalue weighted by molar-refractivity contribution is 6.09. The standard InChI is InChI=1S/C15H19NO2/c1-5-18-11-6-7-14-12(8-11)13(9-16(14)4)15(17)10(2)3/h6-10H,5H2,1-4H3. The van der Waals surface area contributed by atoms with Gasteiger partial charge in [0, 0.05) is 35.6 Å². The quantitative estimate of drug-likeness (QED) is 0.773. The molecule has 18 heavy (non-hydrogen) atoms. The number of hydrogen-bond acceptors (Lipinski definition) is 2. The highest BCUT2D eigenvalue weighted by Crippen LogP contribution is 2.27. The Kier molecular flexibility index (Phi) is 3.41. The van der Waals surface area contributed by atoms with Gasteiger partial charge in [-0.3, -0.25) is 4.79 Å². The summed E-state index contributed by atoms with van der Waals surface area (Å²) in [6.07, 6.45) is 1.91. The number of hydrogen-bond donors (Lipinski definition) is 0. The van der Waals surface area contributed by atoms with Gasteiger partial charge in [-0.15, -0.1) is 0 Å². The monoisotopic (exact) mass is 245 g/mol. The van der Waals surface area contributed by atoms with E-state index in [2.05, 4.69) is 0 Å².